The maximum atomic E-state index is 13.9. The van der Waals surface area contributed by atoms with E-state index < -0.39 is 23.1 Å². The summed E-state index contributed by atoms with van der Waals surface area (Å²) >= 11 is 1.40. The number of para-hydroxylation sites is 3. The summed E-state index contributed by atoms with van der Waals surface area (Å²) in [5.41, 5.74) is 0.950. The average molecular weight is 510 g/mol. The summed E-state index contributed by atoms with van der Waals surface area (Å²) < 4.78 is 35.2. The molecule has 9 heteroatoms. The molecule has 0 atom stereocenters. The van der Waals surface area contributed by atoms with E-state index in [-0.39, 0.29) is 18.2 Å². The van der Waals surface area contributed by atoms with E-state index in [1.807, 2.05) is 54.1 Å². The minimum absolute atomic E-state index is 0.164. The fourth-order valence-corrected chi connectivity index (χ4v) is 4.68. The van der Waals surface area contributed by atoms with Gasteiger partial charge in [0.1, 0.15) is 22.9 Å². The van der Waals surface area contributed by atoms with Gasteiger partial charge in [0, 0.05) is 35.1 Å². The zero-order valence-corrected chi connectivity index (χ0v) is 20.4. The topological polar surface area (TPSA) is 72.4 Å². The van der Waals surface area contributed by atoms with E-state index in [0.717, 1.165) is 27.9 Å². The standard InChI is InChI=1S/C27H25F2N3O3S/c1-2-35-23-13-6-4-11-21(23)31-25(33)17-36-24-16-32(22-12-5-3-8-18(22)24)15-14-30-27(34)26-19(28)9-7-10-20(26)29/h3-13,16H,2,14-15,17H2,1H3,(H,30,34)(H,31,33). The molecule has 4 aromatic rings. The Labute approximate surface area is 211 Å². The first kappa shape index (κ1) is 25.2. The summed E-state index contributed by atoms with van der Waals surface area (Å²) in [7, 11) is 0. The Hall–Kier alpha value is -3.85. The highest BCUT2D eigenvalue weighted by atomic mass is 32.2. The molecule has 0 aliphatic heterocycles. The van der Waals surface area contributed by atoms with Crippen molar-refractivity contribution in [2.75, 3.05) is 24.2 Å². The number of nitrogens with zero attached hydrogens (tertiary/aromatic N) is 1. The number of thioether (sulfide) groups is 1. The maximum Gasteiger partial charge on any atom is 0.257 e. The first-order valence-corrected chi connectivity index (χ1v) is 12.4. The molecule has 0 aliphatic carbocycles. The van der Waals surface area contributed by atoms with Crippen LogP contribution in [0.3, 0.4) is 0 Å². The monoisotopic (exact) mass is 509 g/mol. The molecule has 6 nitrogen and oxygen atoms in total. The Kier molecular flexibility index (Phi) is 8.22. The SMILES string of the molecule is CCOc1ccccc1NC(=O)CSc1cn(CCNC(=O)c2c(F)cccc2F)c2ccccc12. The number of ether oxygens (including phenoxy) is 1. The molecule has 0 fully saturated rings. The van der Waals surface area contributed by atoms with E-state index in [4.69, 9.17) is 4.74 Å². The smallest absolute Gasteiger partial charge is 0.257 e. The molecule has 3 aromatic carbocycles. The number of hydrogen-bond acceptors (Lipinski definition) is 4. The highest BCUT2D eigenvalue weighted by Gasteiger charge is 2.17. The molecular formula is C27H25F2N3O3S. The van der Waals surface area contributed by atoms with Gasteiger partial charge in [0.25, 0.3) is 5.91 Å². The zero-order chi connectivity index (χ0) is 25.5. The number of nitrogens with one attached hydrogen (secondary N) is 2. The zero-order valence-electron chi connectivity index (χ0n) is 19.6. The number of hydrogen-bond donors (Lipinski definition) is 2. The fourth-order valence-electron chi connectivity index (χ4n) is 3.79. The lowest BCUT2D eigenvalue weighted by molar-refractivity contribution is -0.113. The maximum absolute atomic E-state index is 13.9. The van der Waals surface area contributed by atoms with E-state index in [0.29, 0.717) is 24.6 Å². The van der Waals surface area contributed by atoms with Crippen LogP contribution in [0.25, 0.3) is 10.9 Å². The van der Waals surface area contributed by atoms with Crippen molar-refractivity contribution in [2.24, 2.45) is 0 Å². The summed E-state index contributed by atoms with van der Waals surface area (Å²) in [6.45, 7) is 2.94. The van der Waals surface area contributed by atoms with Crippen molar-refractivity contribution in [3.05, 3.63) is 90.1 Å². The molecule has 0 saturated carbocycles. The number of amides is 2. The van der Waals surface area contributed by atoms with Gasteiger partial charge in [0.15, 0.2) is 0 Å². The van der Waals surface area contributed by atoms with Crippen LogP contribution in [0.5, 0.6) is 5.75 Å². The van der Waals surface area contributed by atoms with Crippen LogP contribution in [-0.2, 0) is 11.3 Å². The quantitative estimate of drug-likeness (QED) is 0.278. The normalized spacial score (nSPS) is 10.9. The van der Waals surface area contributed by atoms with Crippen molar-refractivity contribution in [1.82, 2.24) is 9.88 Å². The van der Waals surface area contributed by atoms with Crippen LogP contribution < -0.4 is 15.4 Å². The minimum Gasteiger partial charge on any atom is -0.492 e. The predicted octanol–water partition coefficient (Wildman–Crippen LogP) is 5.48. The van der Waals surface area contributed by atoms with Crippen molar-refractivity contribution in [3.63, 3.8) is 0 Å². The van der Waals surface area contributed by atoms with Gasteiger partial charge in [-0.1, -0.05) is 36.4 Å². The number of carbonyl (C=O) groups excluding carboxylic acids is 2. The molecule has 1 heterocycles. The van der Waals surface area contributed by atoms with Crippen molar-refractivity contribution in [1.29, 1.82) is 0 Å². The molecule has 0 bridgehead atoms. The molecule has 4 rings (SSSR count). The number of carbonyl (C=O) groups is 2. The van der Waals surface area contributed by atoms with Crippen LogP contribution in [0, 0.1) is 11.6 Å². The van der Waals surface area contributed by atoms with Gasteiger partial charge in [-0.2, -0.15) is 0 Å². The second-order valence-corrected chi connectivity index (χ2v) is 8.84. The van der Waals surface area contributed by atoms with E-state index in [9.17, 15) is 18.4 Å². The first-order valence-electron chi connectivity index (χ1n) is 11.4. The number of anilines is 1. The molecule has 0 aliphatic rings. The number of aromatic nitrogens is 1. The predicted molar refractivity (Wildman–Crippen MR) is 138 cm³/mol. The van der Waals surface area contributed by atoms with Gasteiger partial charge in [-0.15, -0.1) is 11.8 Å². The second kappa shape index (κ2) is 11.7. The largest absolute Gasteiger partial charge is 0.492 e. The van der Waals surface area contributed by atoms with Crippen LogP contribution in [0.2, 0.25) is 0 Å². The van der Waals surface area contributed by atoms with Crippen molar-refractivity contribution in [3.8, 4) is 5.75 Å². The van der Waals surface area contributed by atoms with Gasteiger partial charge in [0.2, 0.25) is 5.91 Å². The van der Waals surface area contributed by atoms with Gasteiger partial charge < -0.3 is 19.9 Å². The number of halogens is 2. The van der Waals surface area contributed by atoms with E-state index in [1.54, 1.807) is 12.1 Å². The highest BCUT2D eigenvalue weighted by molar-refractivity contribution is 8.00. The van der Waals surface area contributed by atoms with Crippen LogP contribution in [-0.4, -0.2) is 35.3 Å². The molecule has 0 saturated heterocycles. The summed E-state index contributed by atoms with van der Waals surface area (Å²) in [6.07, 6.45) is 1.91. The molecular weight excluding hydrogens is 484 g/mol. The molecule has 2 amide bonds. The van der Waals surface area contributed by atoms with Gasteiger partial charge in [-0.3, -0.25) is 9.59 Å². The Morgan fingerprint density at radius 3 is 2.47 bits per heavy atom. The van der Waals surface area contributed by atoms with Gasteiger partial charge >= 0.3 is 0 Å². The minimum atomic E-state index is -0.903. The Morgan fingerprint density at radius 1 is 0.972 bits per heavy atom. The Balaban J connectivity index is 1.40. The molecule has 1 aromatic heterocycles. The molecule has 36 heavy (non-hydrogen) atoms. The third-order valence-electron chi connectivity index (χ3n) is 5.40. The van der Waals surface area contributed by atoms with Gasteiger partial charge in [-0.05, 0) is 37.3 Å². The summed E-state index contributed by atoms with van der Waals surface area (Å²) in [5.74, 6) is -1.96. The second-order valence-electron chi connectivity index (χ2n) is 7.82. The van der Waals surface area contributed by atoms with E-state index in [2.05, 4.69) is 10.6 Å². The summed E-state index contributed by atoms with van der Waals surface area (Å²) in [4.78, 5) is 25.8. The lowest BCUT2D eigenvalue weighted by Crippen LogP contribution is -2.28. The van der Waals surface area contributed by atoms with Crippen molar-refractivity contribution in [2.45, 2.75) is 18.4 Å². The van der Waals surface area contributed by atoms with Crippen molar-refractivity contribution < 1.29 is 23.1 Å². The Bertz CT molecular complexity index is 1370. The number of fused-ring (bicyclic) bond motifs is 1. The van der Waals surface area contributed by atoms with Crippen molar-refractivity contribution >= 4 is 40.2 Å². The van der Waals surface area contributed by atoms with Crippen LogP contribution in [0.15, 0.2) is 77.8 Å². The third kappa shape index (κ3) is 5.85. The Morgan fingerprint density at radius 2 is 1.69 bits per heavy atom. The molecule has 0 spiro atoms. The molecule has 0 unspecified atom stereocenters. The highest BCUT2D eigenvalue weighted by Crippen LogP contribution is 2.30. The van der Waals surface area contributed by atoms with Crippen LogP contribution >= 0.6 is 11.8 Å². The molecule has 2 N–H and O–H groups in total. The van der Waals surface area contributed by atoms with E-state index in [1.165, 1.54) is 17.8 Å². The molecule has 186 valence electrons. The number of rotatable bonds is 10. The average Bonchev–Trinajstić information content (AvgIpc) is 3.22. The molecule has 0 radical (unpaired) electrons. The van der Waals surface area contributed by atoms with Gasteiger partial charge in [0.05, 0.1) is 18.0 Å². The first-order chi connectivity index (χ1) is 17.5. The lowest BCUT2D eigenvalue weighted by Gasteiger charge is -2.11. The third-order valence-corrected chi connectivity index (χ3v) is 6.44. The fraction of sp³-hybridized carbons (Fsp3) is 0.185. The van der Waals surface area contributed by atoms with Crippen LogP contribution in [0.4, 0.5) is 14.5 Å². The lowest BCUT2D eigenvalue weighted by atomic mass is 10.2. The van der Waals surface area contributed by atoms with Gasteiger partial charge in [-0.25, -0.2) is 8.78 Å². The summed E-state index contributed by atoms with van der Waals surface area (Å²) in [5, 5.41) is 6.43. The number of benzene rings is 3. The van der Waals surface area contributed by atoms with E-state index >= 15 is 0 Å². The van der Waals surface area contributed by atoms with Crippen LogP contribution in [0.1, 0.15) is 17.3 Å². The summed E-state index contributed by atoms with van der Waals surface area (Å²) in [6, 6.07) is 18.3.